The number of benzene rings is 1. The molecule has 0 saturated carbocycles. The Morgan fingerprint density at radius 2 is 1.64 bits per heavy atom. The van der Waals surface area contributed by atoms with E-state index in [2.05, 4.69) is 0 Å². The topological polar surface area (TPSA) is 92.2 Å². The van der Waals surface area contributed by atoms with Crippen molar-refractivity contribution < 1.29 is 22.7 Å². The zero-order chi connectivity index (χ0) is 23.6. The fraction of sp³-hybridized carbons (Fsp3) is 0.478. The Kier molecular flexibility index (Phi) is 6.76. The number of sulfonamides is 1. The van der Waals surface area contributed by atoms with Crippen LogP contribution in [0.3, 0.4) is 0 Å². The molecule has 33 heavy (non-hydrogen) atoms. The number of aryl methyl sites for hydroxylation is 1. The van der Waals surface area contributed by atoms with Crippen molar-refractivity contribution >= 4 is 21.8 Å². The highest BCUT2D eigenvalue weighted by Gasteiger charge is 2.31. The second-order valence-corrected chi connectivity index (χ2v) is 10.4. The van der Waals surface area contributed by atoms with Crippen LogP contribution in [0.2, 0.25) is 0 Å². The van der Waals surface area contributed by atoms with Gasteiger partial charge in [0, 0.05) is 52.5 Å². The lowest BCUT2D eigenvalue weighted by atomic mass is 10.1. The Balaban J connectivity index is 1.37. The third-order valence-corrected chi connectivity index (χ3v) is 8.17. The van der Waals surface area contributed by atoms with E-state index in [1.165, 1.54) is 16.6 Å². The van der Waals surface area contributed by atoms with Crippen molar-refractivity contribution in [3.8, 4) is 5.75 Å². The van der Waals surface area contributed by atoms with Gasteiger partial charge in [0.15, 0.2) is 0 Å². The summed E-state index contributed by atoms with van der Waals surface area (Å²) in [5.74, 6) is 0.498. The van der Waals surface area contributed by atoms with E-state index < -0.39 is 10.0 Å². The monoisotopic (exact) mass is 474 g/mol. The third-order valence-electron chi connectivity index (χ3n) is 6.31. The van der Waals surface area contributed by atoms with Gasteiger partial charge in [-0.05, 0) is 36.6 Å². The minimum absolute atomic E-state index is 0.00760. The predicted octanol–water partition coefficient (Wildman–Crippen LogP) is 1.35. The quantitative estimate of drug-likeness (QED) is 0.630. The van der Waals surface area contributed by atoms with Gasteiger partial charge in [-0.25, -0.2) is 8.42 Å². The summed E-state index contributed by atoms with van der Waals surface area (Å²) < 4.78 is 34.0. The number of carbonyl (C=O) groups is 2. The van der Waals surface area contributed by atoms with Crippen LogP contribution in [0.25, 0.3) is 0 Å². The van der Waals surface area contributed by atoms with E-state index in [0.717, 1.165) is 18.4 Å². The first-order valence-corrected chi connectivity index (χ1v) is 12.6. The van der Waals surface area contributed by atoms with Crippen LogP contribution in [0.5, 0.6) is 5.75 Å². The van der Waals surface area contributed by atoms with Crippen LogP contribution in [-0.4, -0.2) is 85.3 Å². The van der Waals surface area contributed by atoms with Gasteiger partial charge in [-0.3, -0.25) is 9.59 Å². The minimum atomic E-state index is -3.58. The maximum atomic E-state index is 13.1. The van der Waals surface area contributed by atoms with Crippen LogP contribution in [0.4, 0.5) is 0 Å². The second kappa shape index (κ2) is 9.56. The molecular weight excluding hydrogens is 444 g/mol. The third kappa shape index (κ3) is 4.91. The Hall–Kier alpha value is -2.85. The van der Waals surface area contributed by atoms with Crippen molar-refractivity contribution in [3.05, 3.63) is 47.8 Å². The summed E-state index contributed by atoms with van der Waals surface area (Å²) in [6.45, 7) is 2.73. The fourth-order valence-corrected chi connectivity index (χ4v) is 5.94. The molecule has 0 N–H and O–H groups in total. The Morgan fingerprint density at radius 3 is 2.30 bits per heavy atom. The van der Waals surface area contributed by atoms with Crippen LogP contribution < -0.4 is 4.74 Å². The molecule has 2 aliphatic heterocycles. The summed E-state index contributed by atoms with van der Waals surface area (Å²) in [5, 5.41) is 0. The number of carbonyl (C=O) groups excluding carboxylic acids is 2. The summed E-state index contributed by atoms with van der Waals surface area (Å²) in [5.41, 5.74) is 1.22. The van der Waals surface area contributed by atoms with Crippen molar-refractivity contribution in [2.75, 3.05) is 46.4 Å². The first-order chi connectivity index (χ1) is 15.8. The van der Waals surface area contributed by atoms with E-state index >= 15 is 0 Å². The van der Waals surface area contributed by atoms with Crippen molar-refractivity contribution in [2.24, 2.45) is 7.05 Å². The first-order valence-electron chi connectivity index (χ1n) is 11.2. The van der Waals surface area contributed by atoms with Crippen molar-refractivity contribution in [3.63, 3.8) is 0 Å². The van der Waals surface area contributed by atoms with Crippen LogP contribution in [0.1, 0.15) is 28.9 Å². The highest BCUT2D eigenvalue weighted by Crippen LogP contribution is 2.23. The molecule has 178 valence electrons. The van der Waals surface area contributed by atoms with E-state index in [4.69, 9.17) is 4.74 Å². The molecule has 1 aromatic carbocycles. The number of methoxy groups -OCH3 is 1. The number of aromatic nitrogens is 1. The maximum Gasteiger partial charge on any atom is 0.270 e. The number of nitrogens with zero attached hydrogens (tertiary/aromatic N) is 4. The summed E-state index contributed by atoms with van der Waals surface area (Å²) in [7, 11) is -0.303. The molecule has 1 aromatic heterocycles. The van der Waals surface area contributed by atoms with E-state index in [1.807, 2.05) is 24.3 Å². The van der Waals surface area contributed by atoms with Gasteiger partial charge in [-0.1, -0.05) is 12.1 Å². The molecule has 0 radical (unpaired) electrons. The second-order valence-electron chi connectivity index (χ2n) is 8.48. The number of amides is 2. The summed E-state index contributed by atoms with van der Waals surface area (Å²) in [6, 6.07) is 8.90. The van der Waals surface area contributed by atoms with Crippen LogP contribution >= 0.6 is 0 Å². The first kappa shape index (κ1) is 23.3. The molecule has 0 atom stereocenters. The number of rotatable bonds is 6. The molecule has 2 fully saturated rings. The van der Waals surface area contributed by atoms with Gasteiger partial charge in [-0.2, -0.15) is 4.31 Å². The molecule has 0 bridgehead atoms. The minimum Gasteiger partial charge on any atom is -0.497 e. The number of piperazine rings is 1. The molecule has 2 amide bonds. The van der Waals surface area contributed by atoms with Gasteiger partial charge in [0.25, 0.3) is 5.91 Å². The number of hydrogen-bond acceptors (Lipinski definition) is 5. The van der Waals surface area contributed by atoms with Gasteiger partial charge >= 0.3 is 0 Å². The Bertz CT molecular complexity index is 1130. The summed E-state index contributed by atoms with van der Waals surface area (Å²) in [6.07, 6.45) is 3.51. The van der Waals surface area contributed by atoms with Crippen LogP contribution in [0, 0.1) is 0 Å². The zero-order valence-corrected chi connectivity index (χ0v) is 19.9. The van der Waals surface area contributed by atoms with Gasteiger partial charge in [-0.15, -0.1) is 0 Å². The van der Waals surface area contributed by atoms with E-state index in [0.29, 0.717) is 50.7 Å². The maximum absolute atomic E-state index is 13.1. The van der Waals surface area contributed by atoms with Crippen LogP contribution in [0.15, 0.2) is 41.4 Å². The van der Waals surface area contributed by atoms with Gasteiger partial charge in [0.1, 0.15) is 16.3 Å². The molecule has 2 aliphatic rings. The molecule has 2 saturated heterocycles. The van der Waals surface area contributed by atoms with Crippen molar-refractivity contribution in [2.45, 2.75) is 24.2 Å². The molecule has 0 spiro atoms. The smallest absolute Gasteiger partial charge is 0.270 e. The molecular formula is C23H30N4O5S. The SMILES string of the molecule is COc1cccc(CC(=O)N2CCN(C(=O)c3cc(S(=O)(=O)N4CCCC4)cn3C)CC2)c1. The van der Waals surface area contributed by atoms with E-state index in [1.54, 1.807) is 28.5 Å². The van der Waals surface area contributed by atoms with E-state index in [-0.39, 0.29) is 23.1 Å². The van der Waals surface area contributed by atoms with Gasteiger partial charge < -0.3 is 19.1 Å². The standard InChI is InChI=1S/C23H30N4O5S/c1-24-17-20(33(30,31)27-8-3-4-9-27)16-21(24)23(29)26-12-10-25(11-13-26)22(28)15-18-6-5-7-19(14-18)32-2/h5-7,14,16-17H,3-4,8-13,15H2,1-2H3. The summed E-state index contributed by atoms with van der Waals surface area (Å²) in [4.78, 5) is 29.4. The van der Waals surface area contributed by atoms with Crippen molar-refractivity contribution in [1.29, 1.82) is 0 Å². The average molecular weight is 475 g/mol. The molecule has 0 aliphatic carbocycles. The zero-order valence-electron chi connectivity index (χ0n) is 19.1. The molecule has 4 rings (SSSR count). The molecule has 2 aromatic rings. The fourth-order valence-electron chi connectivity index (χ4n) is 4.36. The molecule has 9 nitrogen and oxygen atoms in total. The molecule has 3 heterocycles. The van der Waals surface area contributed by atoms with E-state index in [9.17, 15) is 18.0 Å². The lowest BCUT2D eigenvalue weighted by molar-refractivity contribution is -0.131. The Morgan fingerprint density at radius 1 is 0.970 bits per heavy atom. The highest BCUT2D eigenvalue weighted by atomic mass is 32.2. The average Bonchev–Trinajstić information content (AvgIpc) is 3.50. The predicted molar refractivity (Wildman–Crippen MR) is 123 cm³/mol. The normalized spacial score (nSPS) is 17.4. The summed E-state index contributed by atoms with van der Waals surface area (Å²) >= 11 is 0. The highest BCUT2D eigenvalue weighted by molar-refractivity contribution is 7.89. The Labute approximate surface area is 194 Å². The van der Waals surface area contributed by atoms with Gasteiger partial charge in [0.05, 0.1) is 13.5 Å². The number of hydrogen-bond donors (Lipinski definition) is 0. The van der Waals surface area contributed by atoms with Gasteiger partial charge in [0.2, 0.25) is 15.9 Å². The largest absolute Gasteiger partial charge is 0.497 e. The number of ether oxygens (including phenoxy) is 1. The molecule has 10 heteroatoms. The van der Waals surface area contributed by atoms with Crippen molar-refractivity contribution in [1.82, 2.24) is 18.7 Å². The molecule has 0 unspecified atom stereocenters. The lowest BCUT2D eigenvalue weighted by Crippen LogP contribution is -2.51. The lowest BCUT2D eigenvalue weighted by Gasteiger charge is -2.35. The van der Waals surface area contributed by atoms with Crippen LogP contribution in [-0.2, 0) is 28.3 Å².